The summed E-state index contributed by atoms with van der Waals surface area (Å²) >= 11 is 1.36. The van der Waals surface area contributed by atoms with E-state index in [0.29, 0.717) is 5.92 Å². The van der Waals surface area contributed by atoms with E-state index in [1.807, 2.05) is 11.7 Å². The number of rotatable bonds is 4. The molecule has 0 bridgehead atoms. The molecule has 0 unspecified atom stereocenters. The summed E-state index contributed by atoms with van der Waals surface area (Å²) in [5, 5.41) is 12.5. The normalized spacial score (nSPS) is 11.0. The Hall–Kier alpha value is -1.43. The van der Waals surface area contributed by atoms with E-state index in [2.05, 4.69) is 40.0 Å². The first kappa shape index (κ1) is 11.1. The molecular formula is C10H15N5S. The van der Waals surface area contributed by atoms with Crippen molar-refractivity contribution in [3.63, 3.8) is 0 Å². The standard InChI is InChI=1S/C10H15N5S/c1-7(2)10-8(6-15(3)13-10)4-11-9-5-12-14-16-9/h5-7,11H,4H2,1-3H3. The summed E-state index contributed by atoms with van der Waals surface area (Å²) in [5.74, 6) is 0.442. The third-order valence-electron chi connectivity index (χ3n) is 2.30. The molecule has 0 radical (unpaired) electrons. The molecule has 2 aromatic rings. The van der Waals surface area contributed by atoms with E-state index in [9.17, 15) is 0 Å². The topological polar surface area (TPSA) is 55.6 Å². The van der Waals surface area contributed by atoms with Gasteiger partial charge in [0.1, 0.15) is 5.00 Å². The lowest BCUT2D eigenvalue weighted by atomic mass is 10.1. The lowest BCUT2D eigenvalue weighted by Gasteiger charge is -2.05. The van der Waals surface area contributed by atoms with Crippen LogP contribution in [0.1, 0.15) is 31.0 Å². The van der Waals surface area contributed by atoms with Gasteiger partial charge in [-0.25, -0.2) is 0 Å². The Morgan fingerprint density at radius 3 is 2.94 bits per heavy atom. The van der Waals surface area contributed by atoms with E-state index >= 15 is 0 Å². The van der Waals surface area contributed by atoms with Crippen molar-refractivity contribution in [2.75, 3.05) is 5.32 Å². The molecule has 2 heterocycles. The van der Waals surface area contributed by atoms with Crippen LogP contribution in [0.15, 0.2) is 12.4 Å². The van der Waals surface area contributed by atoms with Crippen molar-refractivity contribution < 1.29 is 0 Å². The number of nitrogens with one attached hydrogen (secondary N) is 1. The molecule has 0 aliphatic heterocycles. The number of anilines is 1. The first-order valence-corrected chi connectivity index (χ1v) is 5.98. The minimum Gasteiger partial charge on any atom is -0.370 e. The Morgan fingerprint density at radius 2 is 2.31 bits per heavy atom. The van der Waals surface area contributed by atoms with Gasteiger partial charge in [0.25, 0.3) is 0 Å². The highest BCUT2D eigenvalue weighted by molar-refractivity contribution is 7.09. The molecule has 2 aromatic heterocycles. The van der Waals surface area contributed by atoms with Crippen molar-refractivity contribution in [2.24, 2.45) is 7.05 Å². The molecule has 16 heavy (non-hydrogen) atoms. The summed E-state index contributed by atoms with van der Waals surface area (Å²) in [5.41, 5.74) is 2.37. The van der Waals surface area contributed by atoms with E-state index in [-0.39, 0.29) is 0 Å². The average molecular weight is 237 g/mol. The SMILES string of the molecule is CC(C)c1nn(C)cc1CNc1cnns1. The smallest absolute Gasteiger partial charge is 0.130 e. The molecule has 0 saturated carbocycles. The van der Waals surface area contributed by atoms with Gasteiger partial charge in [-0.1, -0.05) is 18.3 Å². The molecule has 6 heteroatoms. The van der Waals surface area contributed by atoms with Crippen molar-refractivity contribution in [3.05, 3.63) is 23.7 Å². The summed E-state index contributed by atoms with van der Waals surface area (Å²) in [4.78, 5) is 0. The largest absolute Gasteiger partial charge is 0.370 e. The van der Waals surface area contributed by atoms with Gasteiger partial charge >= 0.3 is 0 Å². The highest BCUT2D eigenvalue weighted by Crippen LogP contribution is 2.19. The Labute approximate surface area is 98.7 Å². The van der Waals surface area contributed by atoms with Gasteiger partial charge < -0.3 is 5.32 Å². The van der Waals surface area contributed by atoms with Crippen LogP contribution >= 0.6 is 11.5 Å². The van der Waals surface area contributed by atoms with Gasteiger partial charge in [-0.3, -0.25) is 4.68 Å². The van der Waals surface area contributed by atoms with Crippen LogP contribution in [0.2, 0.25) is 0 Å². The van der Waals surface area contributed by atoms with Gasteiger partial charge in [-0.15, -0.1) is 5.10 Å². The molecule has 1 N–H and O–H groups in total. The van der Waals surface area contributed by atoms with Crippen molar-refractivity contribution in [3.8, 4) is 0 Å². The monoisotopic (exact) mass is 237 g/mol. The molecule has 5 nitrogen and oxygen atoms in total. The maximum Gasteiger partial charge on any atom is 0.130 e. The van der Waals surface area contributed by atoms with Crippen molar-refractivity contribution in [1.82, 2.24) is 19.4 Å². The van der Waals surface area contributed by atoms with Gasteiger partial charge in [0.05, 0.1) is 11.9 Å². The molecule has 0 saturated heterocycles. The molecule has 2 rings (SSSR count). The van der Waals surface area contributed by atoms with Gasteiger partial charge in [-0.2, -0.15) is 5.10 Å². The second-order valence-corrected chi connectivity index (χ2v) is 4.79. The Balaban J connectivity index is 2.09. The van der Waals surface area contributed by atoms with Crippen molar-refractivity contribution in [1.29, 1.82) is 0 Å². The number of aryl methyl sites for hydroxylation is 1. The predicted molar refractivity (Wildman–Crippen MR) is 64.5 cm³/mol. The third kappa shape index (κ3) is 2.38. The maximum absolute atomic E-state index is 4.46. The van der Waals surface area contributed by atoms with Crippen LogP contribution in [0, 0.1) is 0 Å². The van der Waals surface area contributed by atoms with E-state index < -0.39 is 0 Å². The van der Waals surface area contributed by atoms with Gasteiger partial charge in [0.15, 0.2) is 0 Å². The minimum absolute atomic E-state index is 0.442. The predicted octanol–water partition coefficient (Wildman–Crippen LogP) is 2.01. The summed E-state index contributed by atoms with van der Waals surface area (Å²) in [6, 6.07) is 0. The average Bonchev–Trinajstić information content (AvgIpc) is 2.83. The van der Waals surface area contributed by atoms with Gasteiger partial charge in [-0.05, 0) is 5.92 Å². The van der Waals surface area contributed by atoms with Gasteiger partial charge in [0.2, 0.25) is 0 Å². The van der Waals surface area contributed by atoms with Crippen molar-refractivity contribution >= 4 is 16.5 Å². The summed E-state index contributed by atoms with van der Waals surface area (Å²) in [7, 11) is 1.95. The molecule has 0 fully saturated rings. The molecule has 0 spiro atoms. The van der Waals surface area contributed by atoms with Crippen LogP contribution in [0.25, 0.3) is 0 Å². The fourth-order valence-corrected chi connectivity index (χ4v) is 2.02. The number of nitrogens with zero attached hydrogens (tertiary/aromatic N) is 4. The molecule has 0 aromatic carbocycles. The highest BCUT2D eigenvalue weighted by Gasteiger charge is 2.11. The zero-order valence-corrected chi connectivity index (χ0v) is 10.5. The first-order valence-electron chi connectivity index (χ1n) is 5.20. The van der Waals surface area contributed by atoms with Crippen LogP contribution in [0.4, 0.5) is 5.00 Å². The molecule has 0 aliphatic carbocycles. The van der Waals surface area contributed by atoms with E-state index in [1.54, 1.807) is 6.20 Å². The van der Waals surface area contributed by atoms with E-state index in [4.69, 9.17) is 0 Å². The Morgan fingerprint density at radius 1 is 1.50 bits per heavy atom. The molecule has 0 atom stereocenters. The van der Waals surface area contributed by atoms with Crippen LogP contribution in [-0.2, 0) is 13.6 Å². The molecular weight excluding hydrogens is 222 g/mol. The van der Waals surface area contributed by atoms with Crippen LogP contribution in [0.5, 0.6) is 0 Å². The quantitative estimate of drug-likeness (QED) is 0.883. The molecule has 0 amide bonds. The first-order chi connectivity index (χ1) is 7.66. The van der Waals surface area contributed by atoms with Crippen molar-refractivity contribution in [2.45, 2.75) is 26.3 Å². The van der Waals surface area contributed by atoms with E-state index in [0.717, 1.165) is 17.2 Å². The summed E-state index contributed by atoms with van der Waals surface area (Å²) < 4.78 is 5.66. The summed E-state index contributed by atoms with van der Waals surface area (Å²) in [6.45, 7) is 5.07. The molecule has 0 aliphatic rings. The highest BCUT2D eigenvalue weighted by atomic mass is 32.1. The van der Waals surface area contributed by atoms with Crippen LogP contribution in [0.3, 0.4) is 0 Å². The summed E-state index contributed by atoms with van der Waals surface area (Å²) in [6.07, 6.45) is 3.78. The lowest BCUT2D eigenvalue weighted by molar-refractivity contribution is 0.712. The zero-order valence-electron chi connectivity index (χ0n) is 9.64. The Bertz CT molecular complexity index is 446. The fourth-order valence-electron chi connectivity index (χ4n) is 1.60. The maximum atomic E-state index is 4.46. The van der Waals surface area contributed by atoms with Gasteiger partial charge in [0, 0.05) is 36.9 Å². The lowest BCUT2D eigenvalue weighted by Crippen LogP contribution is -2.01. The van der Waals surface area contributed by atoms with Crippen LogP contribution < -0.4 is 5.32 Å². The number of aromatic nitrogens is 4. The minimum atomic E-state index is 0.442. The number of hydrogen-bond donors (Lipinski definition) is 1. The number of hydrogen-bond acceptors (Lipinski definition) is 5. The zero-order chi connectivity index (χ0) is 11.5. The second kappa shape index (κ2) is 4.61. The third-order valence-corrected chi connectivity index (χ3v) is 2.92. The second-order valence-electron chi connectivity index (χ2n) is 4.00. The van der Waals surface area contributed by atoms with Crippen LogP contribution in [-0.4, -0.2) is 19.4 Å². The fraction of sp³-hybridized carbons (Fsp3) is 0.500. The van der Waals surface area contributed by atoms with E-state index in [1.165, 1.54) is 17.1 Å². The molecule has 86 valence electrons. The Kier molecular flexibility index (Phi) is 3.19.